The summed E-state index contributed by atoms with van der Waals surface area (Å²) in [6.07, 6.45) is 3.48. The first kappa shape index (κ1) is 16.2. The normalized spacial score (nSPS) is 17.4. The highest BCUT2D eigenvalue weighted by Gasteiger charge is 2.20. The predicted octanol–water partition coefficient (Wildman–Crippen LogP) is 2.83. The molecule has 2 aliphatic heterocycles. The van der Waals surface area contributed by atoms with Gasteiger partial charge in [0.15, 0.2) is 11.5 Å². The van der Waals surface area contributed by atoms with Gasteiger partial charge in [0.2, 0.25) is 12.7 Å². The monoisotopic (exact) mass is 356 g/mol. The summed E-state index contributed by atoms with van der Waals surface area (Å²) in [7, 11) is 0. The molecular formula is C19H20N2O3S. The molecule has 0 saturated carbocycles. The topological polar surface area (TPSA) is 42.0 Å². The van der Waals surface area contributed by atoms with Crippen LogP contribution in [0.5, 0.6) is 11.5 Å². The van der Waals surface area contributed by atoms with Crippen LogP contribution in [-0.2, 0) is 11.3 Å². The first-order valence-electron chi connectivity index (χ1n) is 8.39. The maximum atomic E-state index is 12.4. The molecule has 1 fully saturated rings. The fraction of sp³-hybridized carbons (Fsp3) is 0.316. The third kappa shape index (κ3) is 3.86. The Balaban J connectivity index is 1.30. The van der Waals surface area contributed by atoms with Crippen LogP contribution in [0, 0.1) is 0 Å². The second-order valence-electron chi connectivity index (χ2n) is 6.13. The van der Waals surface area contributed by atoms with Crippen molar-refractivity contribution in [1.82, 2.24) is 9.80 Å². The molecule has 0 unspecified atom stereocenters. The van der Waals surface area contributed by atoms with Gasteiger partial charge >= 0.3 is 0 Å². The Hall–Kier alpha value is -2.31. The summed E-state index contributed by atoms with van der Waals surface area (Å²) in [5.74, 6) is 1.55. The molecule has 3 heterocycles. The Labute approximate surface area is 151 Å². The molecular weight excluding hydrogens is 336 g/mol. The first-order valence-corrected chi connectivity index (χ1v) is 9.27. The second-order valence-corrected chi connectivity index (χ2v) is 7.16. The van der Waals surface area contributed by atoms with E-state index in [4.69, 9.17) is 9.47 Å². The number of rotatable bonds is 4. The van der Waals surface area contributed by atoms with Gasteiger partial charge in [-0.2, -0.15) is 0 Å². The van der Waals surface area contributed by atoms with Crippen LogP contribution in [0.1, 0.15) is 10.4 Å². The van der Waals surface area contributed by atoms with Crippen LogP contribution in [0.2, 0.25) is 0 Å². The Morgan fingerprint density at radius 3 is 2.76 bits per heavy atom. The van der Waals surface area contributed by atoms with Gasteiger partial charge in [-0.05, 0) is 35.2 Å². The van der Waals surface area contributed by atoms with Gasteiger partial charge in [0.05, 0.1) is 0 Å². The molecule has 25 heavy (non-hydrogen) atoms. The molecule has 5 nitrogen and oxygen atoms in total. The van der Waals surface area contributed by atoms with E-state index in [9.17, 15) is 4.79 Å². The molecule has 1 aromatic heterocycles. The minimum absolute atomic E-state index is 0.0634. The quantitative estimate of drug-likeness (QED) is 0.790. The summed E-state index contributed by atoms with van der Waals surface area (Å²) in [4.78, 5) is 18.1. The number of carbonyl (C=O) groups is 1. The van der Waals surface area contributed by atoms with Gasteiger partial charge in [0.25, 0.3) is 0 Å². The largest absolute Gasteiger partial charge is 0.454 e. The van der Waals surface area contributed by atoms with E-state index in [1.165, 1.54) is 4.88 Å². The fourth-order valence-corrected chi connectivity index (χ4v) is 3.79. The van der Waals surface area contributed by atoms with Crippen molar-refractivity contribution in [2.24, 2.45) is 0 Å². The van der Waals surface area contributed by atoms with Gasteiger partial charge in [-0.25, -0.2) is 0 Å². The van der Waals surface area contributed by atoms with E-state index < -0.39 is 0 Å². The highest BCUT2D eigenvalue weighted by atomic mass is 32.1. The van der Waals surface area contributed by atoms with Crippen molar-refractivity contribution in [3.63, 3.8) is 0 Å². The second kappa shape index (κ2) is 7.29. The zero-order valence-corrected chi connectivity index (χ0v) is 14.7. The Bertz CT molecular complexity index is 765. The minimum Gasteiger partial charge on any atom is -0.454 e. The number of amides is 1. The summed E-state index contributed by atoms with van der Waals surface area (Å²) in [5, 5.41) is 2.11. The minimum atomic E-state index is 0.0634. The molecule has 0 spiro atoms. The van der Waals surface area contributed by atoms with Gasteiger partial charge in [0, 0.05) is 43.7 Å². The van der Waals surface area contributed by atoms with E-state index in [1.54, 1.807) is 17.4 Å². The van der Waals surface area contributed by atoms with E-state index in [-0.39, 0.29) is 12.7 Å². The van der Waals surface area contributed by atoms with Gasteiger partial charge in [-0.1, -0.05) is 12.1 Å². The summed E-state index contributed by atoms with van der Waals surface area (Å²) < 4.78 is 10.7. The fourth-order valence-electron chi connectivity index (χ4n) is 3.04. The van der Waals surface area contributed by atoms with Gasteiger partial charge in [0.1, 0.15) is 0 Å². The number of piperazine rings is 1. The summed E-state index contributed by atoms with van der Waals surface area (Å²) in [6.45, 7) is 4.62. The third-order valence-electron chi connectivity index (χ3n) is 4.46. The maximum absolute atomic E-state index is 12.4. The first-order chi connectivity index (χ1) is 12.3. The molecule has 0 atom stereocenters. The van der Waals surface area contributed by atoms with Gasteiger partial charge in [-0.15, -0.1) is 11.3 Å². The average molecular weight is 356 g/mol. The van der Waals surface area contributed by atoms with Crippen LogP contribution >= 0.6 is 11.3 Å². The van der Waals surface area contributed by atoms with Crippen LogP contribution < -0.4 is 9.47 Å². The lowest BCUT2D eigenvalue weighted by Crippen LogP contribution is -2.47. The lowest BCUT2D eigenvalue weighted by molar-refractivity contribution is -0.127. The molecule has 0 radical (unpaired) electrons. The van der Waals surface area contributed by atoms with Crippen molar-refractivity contribution >= 4 is 23.3 Å². The van der Waals surface area contributed by atoms with Crippen LogP contribution in [0.3, 0.4) is 0 Å². The molecule has 1 saturated heterocycles. The number of nitrogens with zero attached hydrogens (tertiary/aromatic N) is 2. The number of benzene rings is 1. The number of thiophene rings is 1. The van der Waals surface area contributed by atoms with Crippen LogP contribution in [0.15, 0.2) is 41.8 Å². The van der Waals surface area contributed by atoms with Crippen molar-refractivity contribution in [3.8, 4) is 11.5 Å². The molecule has 0 bridgehead atoms. The van der Waals surface area contributed by atoms with Crippen molar-refractivity contribution < 1.29 is 14.3 Å². The number of ether oxygens (including phenoxy) is 2. The summed E-state index contributed by atoms with van der Waals surface area (Å²) in [6, 6.07) is 9.94. The number of carbonyl (C=O) groups excluding carboxylic acids is 1. The maximum Gasteiger partial charge on any atom is 0.246 e. The van der Waals surface area contributed by atoms with E-state index >= 15 is 0 Å². The molecule has 4 rings (SSSR count). The Kier molecular flexibility index (Phi) is 4.72. The predicted molar refractivity (Wildman–Crippen MR) is 97.8 cm³/mol. The van der Waals surface area contributed by atoms with E-state index in [2.05, 4.69) is 22.4 Å². The summed E-state index contributed by atoms with van der Waals surface area (Å²) >= 11 is 1.79. The molecule has 0 N–H and O–H groups in total. The highest BCUT2D eigenvalue weighted by molar-refractivity contribution is 7.09. The van der Waals surface area contributed by atoms with Crippen molar-refractivity contribution in [1.29, 1.82) is 0 Å². The van der Waals surface area contributed by atoms with Crippen LogP contribution in [-0.4, -0.2) is 48.7 Å². The smallest absolute Gasteiger partial charge is 0.246 e. The standard InChI is InChI=1S/C19H20N2O3S/c22-19(6-4-15-3-5-17-18(12-15)24-14-23-17)21-9-7-20(8-10-21)13-16-2-1-11-25-16/h1-6,11-12H,7-10,13-14H2/b6-4+. The van der Waals surface area contributed by atoms with Crippen molar-refractivity contribution in [3.05, 3.63) is 52.2 Å². The molecule has 2 aliphatic rings. The van der Waals surface area contributed by atoms with E-state index in [0.29, 0.717) is 0 Å². The zero-order chi connectivity index (χ0) is 17.1. The molecule has 0 aliphatic carbocycles. The van der Waals surface area contributed by atoms with Gasteiger partial charge in [-0.3, -0.25) is 9.69 Å². The van der Waals surface area contributed by atoms with Gasteiger partial charge < -0.3 is 14.4 Å². The lowest BCUT2D eigenvalue weighted by atomic mass is 10.2. The van der Waals surface area contributed by atoms with E-state index in [1.807, 2.05) is 29.2 Å². The number of hydrogen-bond acceptors (Lipinski definition) is 5. The number of fused-ring (bicyclic) bond motifs is 1. The average Bonchev–Trinajstić information content (AvgIpc) is 3.31. The van der Waals surface area contributed by atoms with Crippen molar-refractivity contribution in [2.75, 3.05) is 33.0 Å². The van der Waals surface area contributed by atoms with Crippen molar-refractivity contribution in [2.45, 2.75) is 6.54 Å². The lowest BCUT2D eigenvalue weighted by Gasteiger charge is -2.33. The molecule has 2 aromatic rings. The molecule has 1 aromatic carbocycles. The highest BCUT2D eigenvalue weighted by Crippen LogP contribution is 2.32. The molecule has 1 amide bonds. The van der Waals surface area contributed by atoms with Crippen LogP contribution in [0.25, 0.3) is 6.08 Å². The van der Waals surface area contributed by atoms with Crippen LogP contribution in [0.4, 0.5) is 0 Å². The molecule has 6 heteroatoms. The Morgan fingerprint density at radius 1 is 1.12 bits per heavy atom. The Morgan fingerprint density at radius 2 is 1.96 bits per heavy atom. The third-order valence-corrected chi connectivity index (χ3v) is 5.32. The zero-order valence-electron chi connectivity index (χ0n) is 13.9. The van der Waals surface area contributed by atoms with E-state index in [0.717, 1.165) is 49.8 Å². The molecule has 130 valence electrons. The SMILES string of the molecule is O=C(/C=C/c1ccc2c(c1)OCO2)N1CCN(Cc2cccs2)CC1. The summed E-state index contributed by atoms with van der Waals surface area (Å²) in [5.41, 5.74) is 0.939. The number of hydrogen-bond donors (Lipinski definition) is 0.